The Labute approximate surface area is 163 Å². The van der Waals surface area contributed by atoms with Crippen LogP contribution in [0.4, 0.5) is 0 Å². The first-order valence-corrected chi connectivity index (χ1v) is 9.37. The minimum Gasteiger partial charge on any atom is -0.361 e. The number of nitrogens with zero attached hydrogens (tertiary/aromatic N) is 6. The molecule has 144 valence electrons. The molecular formula is C20H22N6O2. The highest BCUT2D eigenvalue weighted by Crippen LogP contribution is 2.31. The van der Waals surface area contributed by atoms with Crippen LogP contribution >= 0.6 is 0 Å². The van der Waals surface area contributed by atoms with Crippen LogP contribution in [0.25, 0.3) is 11.3 Å². The Hall–Kier alpha value is -3.16. The lowest BCUT2D eigenvalue weighted by Gasteiger charge is -2.31. The molecule has 0 aliphatic carbocycles. The molecule has 0 radical (unpaired) electrons. The highest BCUT2D eigenvalue weighted by atomic mass is 16.5. The quantitative estimate of drug-likeness (QED) is 0.691. The Balaban J connectivity index is 1.51. The predicted octanol–water partition coefficient (Wildman–Crippen LogP) is 2.87. The fourth-order valence-electron chi connectivity index (χ4n) is 3.73. The maximum absolute atomic E-state index is 12.6. The van der Waals surface area contributed by atoms with E-state index in [9.17, 15) is 4.79 Å². The number of amides is 1. The van der Waals surface area contributed by atoms with Crippen molar-refractivity contribution >= 4 is 5.91 Å². The van der Waals surface area contributed by atoms with Crippen molar-refractivity contribution in [3.63, 3.8) is 0 Å². The van der Waals surface area contributed by atoms with Gasteiger partial charge >= 0.3 is 0 Å². The van der Waals surface area contributed by atoms with Crippen LogP contribution in [0, 0.1) is 20.8 Å². The first-order chi connectivity index (χ1) is 13.5. The molecule has 0 saturated carbocycles. The summed E-state index contributed by atoms with van der Waals surface area (Å²) in [4.78, 5) is 31.7. The molecule has 4 rings (SSSR count). The zero-order valence-corrected chi connectivity index (χ0v) is 16.2. The smallest absolute Gasteiger partial charge is 0.274 e. The van der Waals surface area contributed by atoms with Crippen molar-refractivity contribution in [1.29, 1.82) is 0 Å². The van der Waals surface area contributed by atoms with Gasteiger partial charge in [0.1, 0.15) is 17.3 Å². The third kappa shape index (κ3) is 3.49. The van der Waals surface area contributed by atoms with Crippen molar-refractivity contribution in [2.75, 3.05) is 13.1 Å². The highest BCUT2D eigenvalue weighted by Gasteiger charge is 2.27. The summed E-state index contributed by atoms with van der Waals surface area (Å²) in [7, 11) is 0. The van der Waals surface area contributed by atoms with Gasteiger partial charge in [0.25, 0.3) is 5.91 Å². The van der Waals surface area contributed by atoms with Crippen LogP contribution in [-0.4, -0.2) is 49.0 Å². The van der Waals surface area contributed by atoms with E-state index in [0.717, 1.165) is 47.1 Å². The molecule has 0 spiro atoms. The van der Waals surface area contributed by atoms with Crippen LogP contribution in [-0.2, 0) is 0 Å². The van der Waals surface area contributed by atoms with Crippen molar-refractivity contribution < 1.29 is 9.32 Å². The second-order valence-electron chi connectivity index (χ2n) is 7.08. The Kier molecular flexibility index (Phi) is 4.85. The molecule has 0 bridgehead atoms. The van der Waals surface area contributed by atoms with E-state index >= 15 is 0 Å². The molecule has 8 nitrogen and oxygen atoms in total. The number of rotatable bonds is 3. The summed E-state index contributed by atoms with van der Waals surface area (Å²) in [5, 5.41) is 4.03. The van der Waals surface area contributed by atoms with Crippen molar-refractivity contribution in [3.8, 4) is 11.3 Å². The summed E-state index contributed by atoms with van der Waals surface area (Å²) in [6, 6.07) is 2.03. The molecule has 8 heteroatoms. The number of hydrogen-bond acceptors (Lipinski definition) is 7. The van der Waals surface area contributed by atoms with Gasteiger partial charge < -0.3 is 9.42 Å². The number of hydrogen-bond donors (Lipinski definition) is 0. The van der Waals surface area contributed by atoms with Gasteiger partial charge in [-0.05, 0) is 39.7 Å². The summed E-state index contributed by atoms with van der Waals surface area (Å²) < 4.78 is 5.29. The molecule has 28 heavy (non-hydrogen) atoms. The van der Waals surface area contributed by atoms with E-state index in [4.69, 9.17) is 4.52 Å². The lowest BCUT2D eigenvalue weighted by atomic mass is 9.92. The summed E-state index contributed by atoms with van der Waals surface area (Å²) in [5.74, 6) is 1.70. The molecule has 0 atom stereocenters. The lowest BCUT2D eigenvalue weighted by molar-refractivity contribution is 0.0705. The zero-order chi connectivity index (χ0) is 19.7. The number of piperidine rings is 1. The predicted molar refractivity (Wildman–Crippen MR) is 102 cm³/mol. The van der Waals surface area contributed by atoms with Gasteiger partial charge in [-0.2, -0.15) is 0 Å². The number of carbonyl (C=O) groups excluding carboxylic acids is 1. The Bertz CT molecular complexity index is 974. The molecular weight excluding hydrogens is 356 g/mol. The molecule has 1 saturated heterocycles. The largest absolute Gasteiger partial charge is 0.361 e. The van der Waals surface area contributed by atoms with Crippen LogP contribution in [0.5, 0.6) is 0 Å². The Morgan fingerprint density at radius 2 is 1.93 bits per heavy atom. The van der Waals surface area contributed by atoms with Crippen LogP contribution < -0.4 is 0 Å². The van der Waals surface area contributed by atoms with Gasteiger partial charge in [0.05, 0.1) is 23.1 Å². The number of aryl methyl sites for hydroxylation is 3. The summed E-state index contributed by atoms with van der Waals surface area (Å²) >= 11 is 0. The minimum absolute atomic E-state index is 0.0678. The van der Waals surface area contributed by atoms with Gasteiger partial charge in [-0.25, -0.2) is 15.0 Å². The monoisotopic (exact) mass is 378 g/mol. The van der Waals surface area contributed by atoms with E-state index < -0.39 is 0 Å². The van der Waals surface area contributed by atoms with E-state index in [1.54, 1.807) is 12.4 Å². The van der Waals surface area contributed by atoms with Gasteiger partial charge in [0, 0.05) is 37.1 Å². The van der Waals surface area contributed by atoms with E-state index in [0.29, 0.717) is 18.8 Å². The standard InChI is InChI=1S/C20H22N6O2/c1-12-19(13(2)28-25-12)17-10-16(23-14(3)24-17)15-4-8-26(9-5-15)20(27)18-11-21-6-7-22-18/h6-7,10-11,15H,4-5,8-9H2,1-3H3. The average molecular weight is 378 g/mol. The van der Waals surface area contributed by atoms with Gasteiger partial charge in [-0.3, -0.25) is 9.78 Å². The molecule has 1 aliphatic heterocycles. The topological polar surface area (TPSA) is 97.9 Å². The molecule has 0 N–H and O–H groups in total. The Morgan fingerprint density at radius 3 is 2.57 bits per heavy atom. The van der Waals surface area contributed by atoms with Crippen molar-refractivity contribution in [3.05, 3.63) is 53.3 Å². The summed E-state index contributed by atoms with van der Waals surface area (Å²) in [6.07, 6.45) is 6.32. The zero-order valence-electron chi connectivity index (χ0n) is 16.2. The first kappa shape index (κ1) is 18.2. The third-order valence-electron chi connectivity index (χ3n) is 5.13. The van der Waals surface area contributed by atoms with Gasteiger partial charge in [0.15, 0.2) is 0 Å². The SMILES string of the molecule is Cc1nc(-c2c(C)noc2C)cc(C2CCN(C(=O)c3cnccn3)CC2)n1. The Morgan fingerprint density at radius 1 is 1.14 bits per heavy atom. The highest BCUT2D eigenvalue weighted by molar-refractivity contribution is 5.92. The molecule has 1 aliphatic rings. The van der Waals surface area contributed by atoms with E-state index in [1.165, 1.54) is 6.20 Å². The fourth-order valence-corrected chi connectivity index (χ4v) is 3.73. The van der Waals surface area contributed by atoms with Crippen LogP contribution in [0.15, 0.2) is 29.2 Å². The number of aromatic nitrogens is 5. The number of likely N-dealkylation sites (tertiary alicyclic amines) is 1. The van der Waals surface area contributed by atoms with Crippen LogP contribution in [0.2, 0.25) is 0 Å². The average Bonchev–Trinajstić information content (AvgIpc) is 3.06. The van der Waals surface area contributed by atoms with E-state index in [2.05, 4.69) is 25.1 Å². The van der Waals surface area contributed by atoms with Gasteiger partial charge in [0.2, 0.25) is 0 Å². The van der Waals surface area contributed by atoms with Crippen LogP contribution in [0.1, 0.15) is 52.2 Å². The van der Waals surface area contributed by atoms with E-state index in [1.807, 2.05) is 31.7 Å². The fraction of sp³-hybridized carbons (Fsp3) is 0.400. The van der Waals surface area contributed by atoms with Crippen LogP contribution in [0.3, 0.4) is 0 Å². The second kappa shape index (κ2) is 7.46. The molecule has 0 aromatic carbocycles. The lowest BCUT2D eigenvalue weighted by Crippen LogP contribution is -2.38. The summed E-state index contributed by atoms with van der Waals surface area (Å²) in [5.41, 5.74) is 4.00. The van der Waals surface area contributed by atoms with Crippen molar-refractivity contribution in [2.45, 2.75) is 39.5 Å². The maximum Gasteiger partial charge on any atom is 0.274 e. The molecule has 0 unspecified atom stereocenters. The molecule has 1 amide bonds. The van der Waals surface area contributed by atoms with Crippen molar-refractivity contribution in [2.24, 2.45) is 0 Å². The maximum atomic E-state index is 12.6. The van der Waals surface area contributed by atoms with E-state index in [-0.39, 0.29) is 11.8 Å². The third-order valence-corrected chi connectivity index (χ3v) is 5.13. The first-order valence-electron chi connectivity index (χ1n) is 9.37. The second-order valence-corrected chi connectivity index (χ2v) is 7.08. The minimum atomic E-state index is -0.0678. The van der Waals surface area contributed by atoms with Gasteiger partial charge in [-0.1, -0.05) is 5.16 Å². The molecule has 1 fully saturated rings. The van der Waals surface area contributed by atoms with Gasteiger partial charge in [-0.15, -0.1) is 0 Å². The molecule has 4 heterocycles. The molecule has 3 aromatic heterocycles. The number of carbonyl (C=O) groups is 1. The normalized spacial score (nSPS) is 15.0. The van der Waals surface area contributed by atoms with Crippen molar-refractivity contribution in [1.82, 2.24) is 30.0 Å². The molecule has 3 aromatic rings. The summed E-state index contributed by atoms with van der Waals surface area (Å²) in [6.45, 7) is 7.05.